The van der Waals surface area contributed by atoms with Gasteiger partial charge in [-0.15, -0.1) is 0 Å². The Labute approximate surface area is 144 Å². The number of nitrogens with zero attached hydrogens (tertiary/aromatic N) is 2. The highest BCUT2D eigenvalue weighted by Crippen LogP contribution is 2.22. The summed E-state index contributed by atoms with van der Waals surface area (Å²) in [6.07, 6.45) is 2.19. The summed E-state index contributed by atoms with van der Waals surface area (Å²) in [5, 5.41) is 2.02. The van der Waals surface area contributed by atoms with Gasteiger partial charge in [0.25, 0.3) is 0 Å². The van der Waals surface area contributed by atoms with Crippen molar-refractivity contribution in [2.45, 2.75) is 18.7 Å². The number of hydrogen-bond acceptors (Lipinski definition) is 3. The molecular weight excluding hydrogens is 320 g/mol. The Morgan fingerprint density at radius 1 is 1.00 bits per heavy atom. The van der Waals surface area contributed by atoms with E-state index in [1.54, 1.807) is 16.4 Å². The molecule has 2 aromatic carbocycles. The monoisotopic (exact) mass is 344 g/mol. The van der Waals surface area contributed by atoms with Crippen molar-refractivity contribution in [1.29, 1.82) is 0 Å². The third kappa shape index (κ3) is 3.69. The molecule has 0 bridgehead atoms. The molecule has 0 spiro atoms. The Bertz CT molecular complexity index is 847. The van der Waals surface area contributed by atoms with Gasteiger partial charge in [-0.3, -0.25) is 4.90 Å². The lowest BCUT2D eigenvalue weighted by atomic mass is 10.1. The van der Waals surface area contributed by atoms with E-state index in [-0.39, 0.29) is 0 Å². The number of fused-ring (bicyclic) bond motifs is 1. The zero-order chi connectivity index (χ0) is 17.2. The molecule has 0 aliphatic carbocycles. The molecule has 24 heavy (non-hydrogen) atoms. The molecule has 1 aliphatic heterocycles. The van der Waals surface area contributed by atoms with E-state index in [9.17, 15) is 8.42 Å². The van der Waals surface area contributed by atoms with Crippen LogP contribution in [0, 0.1) is 0 Å². The van der Waals surface area contributed by atoms with Gasteiger partial charge in [0.05, 0.1) is 4.90 Å². The third-order valence-electron chi connectivity index (χ3n) is 4.45. The van der Waals surface area contributed by atoms with Gasteiger partial charge < -0.3 is 0 Å². The summed E-state index contributed by atoms with van der Waals surface area (Å²) >= 11 is 0. The molecule has 2 aromatic rings. The van der Waals surface area contributed by atoms with E-state index in [0.29, 0.717) is 18.0 Å². The molecule has 1 saturated heterocycles. The molecule has 5 heteroatoms. The van der Waals surface area contributed by atoms with Crippen LogP contribution in [0.2, 0.25) is 0 Å². The van der Waals surface area contributed by atoms with Crippen LogP contribution in [0.15, 0.2) is 59.0 Å². The summed E-state index contributed by atoms with van der Waals surface area (Å²) < 4.78 is 27.4. The van der Waals surface area contributed by atoms with Crippen molar-refractivity contribution < 1.29 is 8.42 Å². The maximum absolute atomic E-state index is 12.9. The van der Waals surface area contributed by atoms with E-state index in [1.807, 2.05) is 30.3 Å². The number of rotatable bonds is 4. The second kappa shape index (κ2) is 7.05. The third-order valence-corrected chi connectivity index (χ3v) is 6.34. The van der Waals surface area contributed by atoms with Gasteiger partial charge in [0.1, 0.15) is 0 Å². The van der Waals surface area contributed by atoms with Gasteiger partial charge in [0, 0.05) is 32.7 Å². The molecule has 3 rings (SSSR count). The van der Waals surface area contributed by atoms with E-state index < -0.39 is 10.0 Å². The van der Waals surface area contributed by atoms with E-state index in [1.165, 1.54) is 5.57 Å². The first-order valence-corrected chi connectivity index (χ1v) is 9.75. The lowest BCUT2D eigenvalue weighted by molar-refractivity contribution is 0.204. The molecular formula is C19H24N2O2S. The first-order chi connectivity index (χ1) is 11.5. The Kier molecular flexibility index (Phi) is 5.04. The van der Waals surface area contributed by atoms with Gasteiger partial charge in [0.2, 0.25) is 10.0 Å². The van der Waals surface area contributed by atoms with Crippen LogP contribution < -0.4 is 0 Å². The second-order valence-corrected chi connectivity index (χ2v) is 8.43. The maximum Gasteiger partial charge on any atom is 0.243 e. The van der Waals surface area contributed by atoms with Crippen molar-refractivity contribution in [2.24, 2.45) is 0 Å². The highest BCUT2D eigenvalue weighted by atomic mass is 32.2. The largest absolute Gasteiger partial charge is 0.297 e. The molecule has 0 atom stereocenters. The Morgan fingerprint density at radius 2 is 1.67 bits per heavy atom. The summed E-state index contributed by atoms with van der Waals surface area (Å²) in [7, 11) is -3.42. The van der Waals surface area contributed by atoms with Gasteiger partial charge in [-0.25, -0.2) is 8.42 Å². The number of sulfonamides is 1. The van der Waals surface area contributed by atoms with Crippen LogP contribution in [0.5, 0.6) is 0 Å². The van der Waals surface area contributed by atoms with Crippen LogP contribution in [0.25, 0.3) is 10.8 Å². The summed E-state index contributed by atoms with van der Waals surface area (Å²) in [5.41, 5.74) is 1.29. The molecule has 1 fully saturated rings. The summed E-state index contributed by atoms with van der Waals surface area (Å²) in [6, 6.07) is 13.2. The SMILES string of the molecule is CC(C)=CCN1CCN(S(=O)(=O)c2ccc3ccccc3c2)CC1. The van der Waals surface area contributed by atoms with Crippen LogP contribution in [0.1, 0.15) is 13.8 Å². The zero-order valence-electron chi connectivity index (χ0n) is 14.3. The summed E-state index contributed by atoms with van der Waals surface area (Å²) in [5.74, 6) is 0. The van der Waals surface area contributed by atoms with Crippen molar-refractivity contribution in [2.75, 3.05) is 32.7 Å². The smallest absolute Gasteiger partial charge is 0.243 e. The fraction of sp³-hybridized carbons (Fsp3) is 0.368. The van der Waals surface area contributed by atoms with Crippen molar-refractivity contribution in [3.63, 3.8) is 0 Å². The molecule has 4 nitrogen and oxygen atoms in total. The Hall–Kier alpha value is -1.69. The molecule has 0 aromatic heterocycles. The average molecular weight is 344 g/mol. The standard InChI is InChI=1S/C19H24N2O2S/c1-16(2)9-10-20-11-13-21(14-12-20)24(22,23)19-8-7-17-5-3-4-6-18(17)15-19/h3-9,15H,10-14H2,1-2H3. The van der Waals surface area contributed by atoms with Crippen molar-refractivity contribution in [3.8, 4) is 0 Å². The highest BCUT2D eigenvalue weighted by Gasteiger charge is 2.28. The molecule has 0 saturated carbocycles. The molecule has 1 heterocycles. The van der Waals surface area contributed by atoms with E-state index in [2.05, 4.69) is 24.8 Å². The number of benzene rings is 2. The molecule has 128 valence electrons. The summed E-state index contributed by atoms with van der Waals surface area (Å²) in [6.45, 7) is 7.71. The molecule has 0 N–H and O–H groups in total. The predicted octanol–water partition coefficient (Wildman–Crippen LogP) is 3.11. The topological polar surface area (TPSA) is 40.6 Å². The second-order valence-electron chi connectivity index (χ2n) is 6.50. The Balaban J connectivity index is 1.75. The normalized spacial score (nSPS) is 17.1. The minimum Gasteiger partial charge on any atom is -0.297 e. The molecule has 1 aliphatic rings. The van der Waals surface area contributed by atoms with Crippen LogP contribution >= 0.6 is 0 Å². The van der Waals surface area contributed by atoms with Gasteiger partial charge in [0.15, 0.2) is 0 Å². The molecule has 0 radical (unpaired) electrons. The fourth-order valence-corrected chi connectivity index (χ4v) is 4.40. The zero-order valence-corrected chi connectivity index (χ0v) is 15.1. The number of allylic oxidation sites excluding steroid dienone is 1. The van der Waals surface area contributed by atoms with E-state index in [0.717, 1.165) is 30.4 Å². The molecule has 0 unspecified atom stereocenters. The minimum atomic E-state index is -3.42. The van der Waals surface area contributed by atoms with Crippen molar-refractivity contribution >= 4 is 20.8 Å². The van der Waals surface area contributed by atoms with Crippen LogP contribution in [0.4, 0.5) is 0 Å². The number of piperazine rings is 1. The van der Waals surface area contributed by atoms with Gasteiger partial charge in [-0.2, -0.15) is 4.31 Å². The van der Waals surface area contributed by atoms with Crippen LogP contribution in [0.3, 0.4) is 0 Å². The highest BCUT2D eigenvalue weighted by molar-refractivity contribution is 7.89. The number of hydrogen-bond donors (Lipinski definition) is 0. The van der Waals surface area contributed by atoms with Gasteiger partial charge >= 0.3 is 0 Å². The lowest BCUT2D eigenvalue weighted by Gasteiger charge is -2.33. The average Bonchev–Trinajstić information content (AvgIpc) is 2.60. The summed E-state index contributed by atoms with van der Waals surface area (Å²) in [4.78, 5) is 2.68. The predicted molar refractivity (Wildman–Crippen MR) is 98.6 cm³/mol. The quantitative estimate of drug-likeness (QED) is 0.800. The van der Waals surface area contributed by atoms with E-state index >= 15 is 0 Å². The van der Waals surface area contributed by atoms with Crippen molar-refractivity contribution in [1.82, 2.24) is 9.21 Å². The van der Waals surface area contributed by atoms with Gasteiger partial charge in [-0.05, 0) is 36.8 Å². The van der Waals surface area contributed by atoms with Gasteiger partial charge in [-0.1, -0.05) is 42.0 Å². The molecule has 0 amide bonds. The lowest BCUT2D eigenvalue weighted by Crippen LogP contribution is -2.48. The van der Waals surface area contributed by atoms with Crippen LogP contribution in [-0.2, 0) is 10.0 Å². The minimum absolute atomic E-state index is 0.388. The van der Waals surface area contributed by atoms with E-state index in [4.69, 9.17) is 0 Å². The fourth-order valence-electron chi connectivity index (χ4n) is 2.94. The maximum atomic E-state index is 12.9. The van der Waals surface area contributed by atoms with Crippen LogP contribution in [-0.4, -0.2) is 50.3 Å². The first kappa shape index (κ1) is 17.1. The Morgan fingerprint density at radius 3 is 2.33 bits per heavy atom. The first-order valence-electron chi connectivity index (χ1n) is 8.31. The van der Waals surface area contributed by atoms with Crippen molar-refractivity contribution in [3.05, 3.63) is 54.1 Å².